The lowest BCUT2D eigenvalue weighted by molar-refractivity contribution is -0.137. The van der Waals surface area contributed by atoms with E-state index in [9.17, 15) is 4.79 Å². The van der Waals surface area contributed by atoms with Gasteiger partial charge in [-0.25, -0.2) is 0 Å². The van der Waals surface area contributed by atoms with E-state index < -0.39 is 5.97 Å². The molecule has 1 aliphatic heterocycles. The zero-order chi connectivity index (χ0) is 15.4. The van der Waals surface area contributed by atoms with Crippen LogP contribution in [0.4, 0.5) is 0 Å². The van der Waals surface area contributed by atoms with Gasteiger partial charge in [0.15, 0.2) is 0 Å². The fourth-order valence-corrected chi connectivity index (χ4v) is 3.80. The Kier molecular flexibility index (Phi) is 5.81. The summed E-state index contributed by atoms with van der Waals surface area (Å²) in [5, 5.41) is 13.4. The molecule has 1 fully saturated rings. The number of hydrogen-bond donors (Lipinski definition) is 1. The molecule has 1 aromatic rings. The van der Waals surface area contributed by atoms with Gasteiger partial charge in [0.1, 0.15) is 0 Å². The third-order valence-electron chi connectivity index (χ3n) is 4.25. The van der Waals surface area contributed by atoms with Gasteiger partial charge in [-0.2, -0.15) is 5.10 Å². The van der Waals surface area contributed by atoms with E-state index >= 15 is 0 Å². The number of aliphatic carboxylic acids is 1. The number of carboxylic acids is 1. The molecule has 2 heterocycles. The minimum Gasteiger partial charge on any atom is -0.481 e. The zero-order valence-corrected chi connectivity index (χ0v) is 14.4. The maximum absolute atomic E-state index is 10.7. The fraction of sp³-hybridized carbons (Fsp3) is 0.733. The number of carbonyl (C=O) groups is 1. The van der Waals surface area contributed by atoms with Crippen molar-refractivity contribution in [3.63, 3.8) is 0 Å². The molecule has 1 aliphatic rings. The summed E-state index contributed by atoms with van der Waals surface area (Å²) in [6.45, 7) is 5.07. The minimum absolute atomic E-state index is 0.286. The summed E-state index contributed by atoms with van der Waals surface area (Å²) in [7, 11) is 1.99. The van der Waals surface area contributed by atoms with Gasteiger partial charge in [-0.15, -0.1) is 0 Å². The van der Waals surface area contributed by atoms with Gasteiger partial charge in [-0.1, -0.05) is 6.92 Å². The molecule has 1 aromatic heterocycles. The molecule has 118 valence electrons. The summed E-state index contributed by atoms with van der Waals surface area (Å²) in [6.07, 6.45) is 4.30. The Bertz CT molecular complexity index is 501. The summed E-state index contributed by atoms with van der Waals surface area (Å²) < 4.78 is 3.09. The second-order valence-corrected chi connectivity index (χ2v) is 6.65. The first kappa shape index (κ1) is 16.5. The SMILES string of the molecule is CCc1nn(C)c(CN2CCCC(CCC(=O)O)C2)c1Br. The zero-order valence-electron chi connectivity index (χ0n) is 12.8. The van der Waals surface area contributed by atoms with Crippen LogP contribution in [0.1, 0.15) is 44.0 Å². The minimum atomic E-state index is -0.686. The molecule has 2 rings (SSSR count). The lowest BCUT2D eigenvalue weighted by atomic mass is 9.93. The third-order valence-corrected chi connectivity index (χ3v) is 5.16. The van der Waals surface area contributed by atoms with Crippen molar-refractivity contribution in [2.75, 3.05) is 13.1 Å². The highest BCUT2D eigenvalue weighted by atomic mass is 79.9. The molecule has 0 radical (unpaired) electrons. The summed E-state index contributed by atoms with van der Waals surface area (Å²) in [6, 6.07) is 0. The second-order valence-electron chi connectivity index (χ2n) is 5.86. The van der Waals surface area contributed by atoms with Crippen LogP contribution in [0, 0.1) is 5.92 Å². The lowest BCUT2D eigenvalue weighted by Crippen LogP contribution is -2.35. The Balaban J connectivity index is 1.96. The van der Waals surface area contributed by atoms with Crippen LogP contribution in [0.3, 0.4) is 0 Å². The molecule has 1 saturated heterocycles. The first-order valence-corrected chi connectivity index (χ1v) is 8.45. The summed E-state index contributed by atoms with van der Waals surface area (Å²) >= 11 is 3.67. The fourth-order valence-electron chi connectivity index (χ4n) is 3.06. The molecular formula is C15H24BrN3O2. The quantitative estimate of drug-likeness (QED) is 0.850. The average molecular weight is 358 g/mol. The number of nitrogens with zero attached hydrogens (tertiary/aromatic N) is 3. The summed E-state index contributed by atoms with van der Waals surface area (Å²) in [5.41, 5.74) is 2.32. The highest BCUT2D eigenvalue weighted by molar-refractivity contribution is 9.10. The predicted octanol–water partition coefficient (Wildman–Crippen LogP) is 2.82. The molecule has 5 nitrogen and oxygen atoms in total. The van der Waals surface area contributed by atoms with E-state index in [0.29, 0.717) is 5.92 Å². The van der Waals surface area contributed by atoms with Gasteiger partial charge in [0, 0.05) is 26.6 Å². The topological polar surface area (TPSA) is 58.4 Å². The van der Waals surface area contributed by atoms with Crippen LogP contribution in [0.15, 0.2) is 4.47 Å². The van der Waals surface area contributed by atoms with Crippen molar-refractivity contribution in [2.45, 2.75) is 45.6 Å². The first-order chi connectivity index (χ1) is 10.0. The molecule has 0 bridgehead atoms. The molecule has 6 heteroatoms. The molecule has 0 spiro atoms. The Labute approximate surface area is 134 Å². The van der Waals surface area contributed by atoms with Gasteiger partial charge >= 0.3 is 5.97 Å². The predicted molar refractivity (Wildman–Crippen MR) is 85.2 cm³/mol. The Morgan fingerprint density at radius 3 is 2.90 bits per heavy atom. The van der Waals surface area contributed by atoms with Gasteiger partial charge in [-0.3, -0.25) is 14.4 Å². The normalized spacial score (nSPS) is 19.9. The van der Waals surface area contributed by atoms with Crippen LogP contribution in [0.25, 0.3) is 0 Å². The van der Waals surface area contributed by atoms with Crippen LogP contribution in [-0.4, -0.2) is 38.8 Å². The molecule has 1 atom stereocenters. The van der Waals surface area contributed by atoms with E-state index in [0.717, 1.165) is 55.5 Å². The number of aromatic nitrogens is 2. The molecule has 1 N–H and O–H groups in total. The Morgan fingerprint density at radius 1 is 1.52 bits per heavy atom. The Hall–Kier alpha value is -0.880. The van der Waals surface area contributed by atoms with E-state index in [1.807, 2.05) is 11.7 Å². The smallest absolute Gasteiger partial charge is 0.303 e. The molecule has 0 aromatic carbocycles. The first-order valence-electron chi connectivity index (χ1n) is 7.65. The van der Waals surface area contributed by atoms with E-state index in [4.69, 9.17) is 5.11 Å². The lowest BCUT2D eigenvalue weighted by Gasteiger charge is -2.32. The monoisotopic (exact) mass is 357 g/mol. The van der Waals surface area contributed by atoms with Crippen LogP contribution < -0.4 is 0 Å². The van der Waals surface area contributed by atoms with Crippen LogP contribution >= 0.6 is 15.9 Å². The number of likely N-dealkylation sites (tertiary alicyclic amines) is 1. The average Bonchev–Trinajstić information content (AvgIpc) is 2.73. The van der Waals surface area contributed by atoms with Gasteiger partial charge in [0.2, 0.25) is 0 Å². The van der Waals surface area contributed by atoms with E-state index in [2.05, 4.69) is 32.9 Å². The number of piperidine rings is 1. The van der Waals surface area contributed by atoms with Crippen molar-refractivity contribution in [1.82, 2.24) is 14.7 Å². The van der Waals surface area contributed by atoms with E-state index in [-0.39, 0.29) is 6.42 Å². The molecule has 0 amide bonds. The molecular weight excluding hydrogens is 334 g/mol. The number of halogens is 1. The highest BCUT2D eigenvalue weighted by Crippen LogP contribution is 2.26. The molecule has 1 unspecified atom stereocenters. The standard InChI is InChI=1S/C15H24BrN3O2/c1-3-12-15(16)13(18(2)17-12)10-19-8-4-5-11(9-19)6-7-14(20)21/h11H,3-10H2,1-2H3,(H,20,21). The molecule has 0 aliphatic carbocycles. The largest absolute Gasteiger partial charge is 0.481 e. The maximum Gasteiger partial charge on any atom is 0.303 e. The number of hydrogen-bond acceptors (Lipinski definition) is 3. The second kappa shape index (κ2) is 7.40. The van der Waals surface area contributed by atoms with Gasteiger partial charge in [-0.05, 0) is 54.1 Å². The number of aryl methyl sites for hydroxylation is 2. The van der Waals surface area contributed by atoms with Crippen LogP contribution in [0.5, 0.6) is 0 Å². The summed E-state index contributed by atoms with van der Waals surface area (Å²) in [4.78, 5) is 13.1. The van der Waals surface area contributed by atoms with Crippen molar-refractivity contribution in [1.29, 1.82) is 0 Å². The maximum atomic E-state index is 10.7. The number of carboxylic acid groups (broad SMARTS) is 1. The van der Waals surface area contributed by atoms with Gasteiger partial charge in [0.25, 0.3) is 0 Å². The highest BCUT2D eigenvalue weighted by Gasteiger charge is 2.23. The molecule has 21 heavy (non-hydrogen) atoms. The van der Waals surface area contributed by atoms with E-state index in [1.165, 1.54) is 5.69 Å². The van der Waals surface area contributed by atoms with Crippen molar-refractivity contribution in [3.05, 3.63) is 15.9 Å². The Morgan fingerprint density at radius 2 is 2.29 bits per heavy atom. The van der Waals surface area contributed by atoms with Crippen LogP contribution in [0.2, 0.25) is 0 Å². The molecule has 0 saturated carbocycles. The summed E-state index contributed by atoms with van der Waals surface area (Å²) in [5.74, 6) is -0.179. The van der Waals surface area contributed by atoms with Gasteiger partial charge in [0.05, 0.1) is 15.9 Å². The van der Waals surface area contributed by atoms with E-state index in [1.54, 1.807) is 0 Å². The van der Waals surface area contributed by atoms with Crippen molar-refractivity contribution < 1.29 is 9.90 Å². The number of rotatable bonds is 6. The van der Waals surface area contributed by atoms with Crippen molar-refractivity contribution in [2.24, 2.45) is 13.0 Å². The van der Waals surface area contributed by atoms with Crippen molar-refractivity contribution >= 4 is 21.9 Å². The van der Waals surface area contributed by atoms with Crippen LogP contribution in [-0.2, 0) is 24.8 Å². The third kappa shape index (κ3) is 4.30. The van der Waals surface area contributed by atoms with Crippen molar-refractivity contribution in [3.8, 4) is 0 Å². The van der Waals surface area contributed by atoms with Gasteiger partial charge < -0.3 is 5.11 Å².